The minimum atomic E-state index is 0.242. The molecule has 1 aliphatic heterocycles. The van der Waals surface area contributed by atoms with E-state index in [9.17, 15) is 0 Å². The normalized spacial score (nSPS) is 17.1. The summed E-state index contributed by atoms with van der Waals surface area (Å²) >= 11 is 0. The highest BCUT2D eigenvalue weighted by molar-refractivity contribution is 5.67. The Labute approximate surface area is 129 Å². The minimum absolute atomic E-state index is 0.242. The van der Waals surface area contributed by atoms with E-state index in [1.807, 2.05) is 18.3 Å². The van der Waals surface area contributed by atoms with Gasteiger partial charge in [0.25, 0.3) is 0 Å². The van der Waals surface area contributed by atoms with Crippen molar-refractivity contribution in [3.05, 3.63) is 24.5 Å². The first-order chi connectivity index (χ1) is 10.8. The van der Waals surface area contributed by atoms with E-state index in [0.717, 1.165) is 29.6 Å². The van der Waals surface area contributed by atoms with Gasteiger partial charge >= 0.3 is 0 Å². The van der Waals surface area contributed by atoms with Crippen molar-refractivity contribution in [3.63, 3.8) is 0 Å². The molecule has 0 N–H and O–H groups in total. The molecule has 5 nitrogen and oxygen atoms in total. The summed E-state index contributed by atoms with van der Waals surface area (Å²) in [4.78, 5) is 4.54. The summed E-state index contributed by atoms with van der Waals surface area (Å²) in [5.41, 5.74) is 1.00. The van der Waals surface area contributed by atoms with Gasteiger partial charge in [-0.3, -0.25) is 0 Å². The molecule has 1 aromatic carbocycles. The molecule has 0 unspecified atom stereocenters. The lowest BCUT2D eigenvalue weighted by Gasteiger charge is -2.14. The highest BCUT2D eigenvalue weighted by atomic mass is 16.7. The van der Waals surface area contributed by atoms with Crippen LogP contribution in [-0.4, -0.2) is 23.5 Å². The number of nitrogens with zero attached hydrogens (tertiary/aromatic N) is 2. The van der Waals surface area contributed by atoms with Crippen molar-refractivity contribution in [2.45, 2.75) is 32.2 Å². The van der Waals surface area contributed by atoms with Crippen molar-refractivity contribution in [1.29, 1.82) is 0 Å². The summed E-state index contributed by atoms with van der Waals surface area (Å²) in [5, 5.41) is 0. The van der Waals surface area contributed by atoms with Crippen LogP contribution in [0.5, 0.6) is 17.2 Å². The van der Waals surface area contributed by atoms with Crippen LogP contribution in [0.15, 0.2) is 24.5 Å². The molecule has 1 aromatic heterocycles. The van der Waals surface area contributed by atoms with Crippen LogP contribution in [0, 0.1) is 5.92 Å². The van der Waals surface area contributed by atoms with Gasteiger partial charge in [0.2, 0.25) is 12.5 Å². The first-order valence-electron chi connectivity index (χ1n) is 7.84. The first kappa shape index (κ1) is 13.5. The molecule has 1 aliphatic carbocycles. The van der Waals surface area contributed by atoms with Gasteiger partial charge in [-0.1, -0.05) is 12.8 Å². The van der Waals surface area contributed by atoms with Gasteiger partial charge in [-0.05, 0) is 30.9 Å². The van der Waals surface area contributed by atoms with Gasteiger partial charge in [-0.2, -0.15) is 0 Å². The second kappa shape index (κ2) is 5.55. The van der Waals surface area contributed by atoms with Gasteiger partial charge in [-0.15, -0.1) is 0 Å². The fourth-order valence-electron chi connectivity index (χ4n) is 3.45. The molecule has 0 saturated heterocycles. The zero-order chi connectivity index (χ0) is 14.9. The fraction of sp³-hybridized carbons (Fsp3) is 0.471. The van der Waals surface area contributed by atoms with Crippen LogP contribution in [0.25, 0.3) is 11.4 Å². The summed E-state index contributed by atoms with van der Waals surface area (Å²) in [6.07, 6.45) is 9.27. The van der Waals surface area contributed by atoms with Gasteiger partial charge in [0.1, 0.15) is 5.82 Å². The molecule has 2 aromatic rings. The Kier molecular flexibility index (Phi) is 3.41. The van der Waals surface area contributed by atoms with E-state index in [4.69, 9.17) is 14.2 Å². The number of hydrogen-bond acceptors (Lipinski definition) is 4. The predicted molar refractivity (Wildman–Crippen MR) is 82.3 cm³/mol. The minimum Gasteiger partial charge on any atom is -0.493 e. The fourth-order valence-corrected chi connectivity index (χ4v) is 3.45. The molecular formula is C17H20N2O3. The maximum Gasteiger partial charge on any atom is 0.231 e. The van der Waals surface area contributed by atoms with Crippen molar-refractivity contribution in [3.8, 4) is 28.6 Å². The van der Waals surface area contributed by atoms with E-state index in [2.05, 4.69) is 15.7 Å². The van der Waals surface area contributed by atoms with Crippen LogP contribution in [0.4, 0.5) is 0 Å². The van der Waals surface area contributed by atoms with Crippen LogP contribution in [0.1, 0.15) is 25.7 Å². The van der Waals surface area contributed by atoms with Crippen molar-refractivity contribution < 1.29 is 14.2 Å². The number of fused-ring (bicyclic) bond motifs is 1. The second-order valence-corrected chi connectivity index (χ2v) is 5.97. The molecule has 0 bridgehead atoms. The Hall–Kier alpha value is -2.17. The first-order valence-corrected chi connectivity index (χ1v) is 7.84. The largest absolute Gasteiger partial charge is 0.493 e. The standard InChI is InChI=1S/C17H20N2O3/c1-20-14-8-13(9-15-16(14)22-11-21-15)17-18-6-7-19(17)10-12-4-2-3-5-12/h6-9,12H,2-5,10-11H2,1H3. The molecule has 0 atom stereocenters. The van der Waals surface area contributed by atoms with Crippen molar-refractivity contribution >= 4 is 0 Å². The summed E-state index contributed by atoms with van der Waals surface area (Å²) in [6.45, 7) is 1.28. The topological polar surface area (TPSA) is 45.5 Å². The van der Waals surface area contributed by atoms with Crippen LogP contribution in [-0.2, 0) is 6.54 Å². The Balaban J connectivity index is 1.69. The quantitative estimate of drug-likeness (QED) is 0.867. The third kappa shape index (κ3) is 2.30. The maximum absolute atomic E-state index is 5.51. The molecular weight excluding hydrogens is 280 g/mol. The van der Waals surface area contributed by atoms with E-state index in [1.165, 1.54) is 25.7 Å². The molecule has 4 rings (SSSR count). The third-order valence-corrected chi connectivity index (χ3v) is 4.56. The molecule has 0 radical (unpaired) electrons. The zero-order valence-electron chi connectivity index (χ0n) is 12.7. The highest BCUT2D eigenvalue weighted by Crippen LogP contribution is 2.44. The van der Waals surface area contributed by atoms with E-state index in [-0.39, 0.29) is 6.79 Å². The Morgan fingerprint density at radius 3 is 2.95 bits per heavy atom. The van der Waals surface area contributed by atoms with E-state index in [1.54, 1.807) is 7.11 Å². The van der Waals surface area contributed by atoms with Gasteiger partial charge in [0.05, 0.1) is 7.11 Å². The van der Waals surface area contributed by atoms with Crippen LogP contribution >= 0.6 is 0 Å². The molecule has 2 heterocycles. The molecule has 2 aliphatic rings. The van der Waals surface area contributed by atoms with Crippen LogP contribution < -0.4 is 14.2 Å². The lowest BCUT2D eigenvalue weighted by atomic mass is 10.1. The molecule has 22 heavy (non-hydrogen) atoms. The number of imidazole rings is 1. The smallest absolute Gasteiger partial charge is 0.231 e. The van der Waals surface area contributed by atoms with Crippen molar-refractivity contribution in [2.75, 3.05) is 13.9 Å². The SMILES string of the molecule is COc1cc(-c2nccn2CC2CCCC2)cc2c1OCO2. The lowest BCUT2D eigenvalue weighted by molar-refractivity contribution is 0.171. The Morgan fingerprint density at radius 2 is 2.14 bits per heavy atom. The molecule has 0 spiro atoms. The number of methoxy groups -OCH3 is 1. The summed E-state index contributed by atoms with van der Waals surface area (Å²) < 4.78 is 18.6. The lowest BCUT2D eigenvalue weighted by Crippen LogP contribution is -2.08. The molecule has 116 valence electrons. The van der Waals surface area contributed by atoms with Crippen LogP contribution in [0.3, 0.4) is 0 Å². The predicted octanol–water partition coefficient (Wildman–Crippen LogP) is 3.48. The second-order valence-electron chi connectivity index (χ2n) is 5.97. The number of rotatable bonds is 4. The molecule has 1 saturated carbocycles. The molecule has 0 amide bonds. The molecule has 1 fully saturated rings. The zero-order valence-corrected chi connectivity index (χ0v) is 12.7. The maximum atomic E-state index is 5.51. The van der Waals surface area contributed by atoms with Gasteiger partial charge in [0, 0.05) is 24.5 Å². The van der Waals surface area contributed by atoms with E-state index in [0.29, 0.717) is 11.5 Å². The Bertz CT molecular complexity index is 675. The number of hydrogen-bond donors (Lipinski definition) is 0. The summed E-state index contributed by atoms with van der Waals surface area (Å²) in [5.74, 6) is 3.83. The average Bonchev–Trinajstić information content (AvgIpc) is 3.27. The van der Waals surface area contributed by atoms with Crippen molar-refractivity contribution in [2.24, 2.45) is 5.92 Å². The summed E-state index contributed by atoms with van der Waals surface area (Å²) in [6, 6.07) is 3.96. The van der Waals surface area contributed by atoms with Crippen LogP contribution in [0.2, 0.25) is 0 Å². The molecule has 5 heteroatoms. The number of aromatic nitrogens is 2. The third-order valence-electron chi connectivity index (χ3n) is 4.56. The number of benzene rings is 1. The number of ether oxygens (including phenoxy) is 3. The Morgan fingerprint density at radius 1 is 1.27 bits per heavy atom. The van der Waals surface area contributed by atoms with Gasteiger partial charge in [0.15, 0.2) is 11.5 Å². The van der Waals surface area contributed by atoms with Gasteiger partial charge in [-0.25, -0.2) is 4.98 Å². The van der Waals surface area contributed by atoms with Crippen molar-refractivity contribution in [1.82, 2.24) is 9.55 Å². The van der Waals surface area contributed by atoms with E-state index >= 15 is 0 Å². The summed E-state index contributed by atoms with van der Waals surface area (Å²) in [7, 11) is 1.64. The van der Waals surface area contributed by atoms with E-state index < -0.39 is 0 Å². The van der Waals surface area contributed by atoms with Gasteiger partial charge < -0.3 is 18.8 Å². The monoisotopic (exact) mass is 300 g/mol. The average molecular weight is 300 g/mol. The highest BCUT2D eigenvalue weighted by Gasteiger charge is 2.23.